The summed E-state index contributed by atoms with van der Waals surface area (Å²) in [6.45, 7) is 10.8. The summed E-state index contributed by atoms with van der Waals surface area (Å²) in [5.74, 6) is 0.880. The third-order valence-electron chi connectivity index (χ3n) is 6.72. The average molecular weight is 689 g/mol. The van der Waals surface area contributed by atoms with Crippen LogP contribution in [0.1, 0.15) is 56.2 Å². The van der Waals surface area contributed by atoms with Crippen LogP contribution in [0.4, 0.5) is 0 Å². The second-order valence-corrected chi connectivity index (χ2v) is 10.2. The number of pyridine rings is 2. The molecule has 3 aromatic carbocycles. The summed E-state index contributed by atoms with van der Waals surface area (Å²) in [5.41, 5.74) is 9.39. The zero-order valence-electron chi connectivity index (χ0n) is 23.0. The van der Waals surface area contributed by atoms with Crippen LogP contribution < -0.4 is 0 Å². The zero-order chi connectivity index (χ0) is 26.6. The largest absolute Gasteiger partial charge is 0.501 e. The van der Waals surface area contributed by atoms with Crippen molar-refractivity contribution < 1.29 is 24.5 Å². The first-order chi connectivity index (χ1) is 18.4. The fourth-order valence-corrected chi connectivity index (χ4v) is 4.52. The second-order valence-electron chi connectivity index (χ2n) is 10.2. The predicted molar refractivity (Wildman–Crippen MR) is 157 cm³/mol. The third kappa shape index (κ3) is 6.19. The van der Waals surface area contributed by atoms with Crippen molar-refractivity contribution in [3.8, 4) is 22.5 Å². The van der Waals surface area contributed by atoms with E-state index in [9.17, 15) is 0 Å². The Kier molecular flexibility index (Phi) is 9.12. The molecule has 1 radical (unpaired) electrons. The van der Waals surface area contributed by atoms with Gasteiger partial charge in [-0.3, -0.25) is 0 Å². The van der Waals surface area contributed by atoms with Gasteiger partial charge in [-0.15, -0.1) is 53.1 Å². The summed E-state index contributed by atoms with van der Waals surface area (Å²) in [6, 6.07) is 33.1. The Hall–Kier alpha value is -3.59. The normalized spacial score (nSPS) is 10.9. The molecule has 199 valence electrons. The van der Waals surface area contributed by atoms with E-state index in [0.717, 1.165) is 39.1 Å². The maximum atomic E-state index is 6.24. The van der Waals surface area contributed by atoms with Gasteiger partial charge >= 0.3 is 0 Å². The van der Waals surface area contributed by atoms with Crippen molar-refractivity contribution in [1.29, 1.82) is 0 Å². The summed E-state index contributed by atoms with van der Waals surface area (Å²) < 4.78 is 6.24. The van der Waals surface area contributed by atoms with Gasteiger partial charge in [-0.1, -0.05) is 94.0 Å². The molecule has 3 aromatic heterocycles. The Bertz CT molecular complexity index is 1650. The molecular formula is C35H32IrN2O-2. The molecule has 4 heteroatoms. The number of nitrogens with zero attached hydrogens (tertiary/aromatic N) is 2. The van der Waals surface area contributed by atoms with Crippen molar-refractivity contribution in [2.45, 2.75) is 46.5 Å². The molecule has 3 nitrogen and oxygen atoms in total. The maximum Gasteiger partial charge on any atom is 0.120 e. The van der Waals surface area contributed by atoms with E-state index in [1.807, 2.05) is 48.7 Å². The van der Waals surface area contributed by atoms with E-state index in [2.05, 4.69) is 93.1 Å². The number of hydrogen-bond acceptors (Lipinski definition) is 3. The quantitative estimate of drug-likeness (QED) is 0.173. The molecule has 0 aliphatic heterocycles. The van der Waals surface area contributed by atoms with Gasteiger partial charge in [0.2, 0.25) is 0 Å². The summed E-state index contributed by atoms with van der Waals surface area (Å²) in [5, 5.41) is 2.35. The smallest absolute Gasteiger partial charge is 0.120 e. The minimum absolute atomic E-state index is 0. The van der Waals surface area contributed by atoms with E-state index in [0.29, 0.717) is 11.8 Å². The van der Waals surface area contributed by atoms with E-state index in [1.165, 1.54) is 22.1 Å². The first-order valence-corrected chi connectivity index (χ1v) is 13.1. The van der Waals surface area contributed by atoms with Crippen molar-refractivity contribution in [2.75, 3.05) is 0 Å². The van der Waals surface area contributed by atoms with E-state index in [4.69, 9.17) is 4.42 Å². The molecule has 0 saturated heterocycles. The fraction of sp³-hybridized carbons (Fsp3) is 0.200. The molecule has 0 spiro atoms. The molecule has 6 rings (SSSR count). The van der Waals surface area contributed by atoms with Crippen LogP contribution in [0.5, 0.6) is 0 Å². The van der Waals surface area contributed by atoms with Crippen LogP contribution in [0.15, 0.2) is 95.7 Å². The summed E-state index contributed by atoms with van der Waals surface area (Å²) >= 11 is 0. The summed E-state index contributed by atoms with van der Waals surface area (Å²) in [4.78, 5) is 8.92. The Balaban J connectivity index is 0.000000213. The fourth-order valence-electron chi connectivity index (χ4n) is 4.52. The number of hydrogen-bond donors (Lipinski definition) is 0. The number of rotatable bonds is 4. The van der Waals surface area contributed by atoms with Crippen LogP contribution in [-0.2, 0) is 20.1 Å². The molecule has 0 N–H and O–H groups in total. The number of para-hydroxylation sites is 1. The van der Waals surface area contributed by atoms with Gasteiger partial charge in [0.15, 0.2) is 0 Å². The Labute approximate surface area is 244 Å². The van der Waals surface area contributed by atoms with Gasteiger partial charge < -0.3 is 14.4 Å². The standard InChI is InChI=1S/C23H22NO.C12H10N.Ir/c1-14(2)16-9-12-20(24-13-16)18-11-10-17(15(3)4)22-19-7-5-6-8-21(19)25-23(18)22;1-10-5-7-11(8-6-10)12-4-2-3-9-13-12;/h5-10,12-15H,1-4H3;2-7,9H,1H3;/q2*-1;. The van der Waals surface area contributed by atoms with Crippen molar-refractivity contribution in [3.63, 3.8) is 0 Å². The molecule has 0 aliphatic rings. The number of aromatic nitrogens is 2. The van der Waals surface area contributed by atoms with Gasteiger partial charge in [0.05, 0.1) is 5.58 Å². The SMILES string of the molecule is CC(C)c1ccc(-c2[c-]cc(C(C)C)c3c2oc2ccccc23)nc1.Cc1c[c-]c(-c2ccccn2)cc1.[Ir]. The van der Waals surface area contributed by atoms with Crippen LogP contribution >= 0.6 is 0 Å². The van der Waals surface area contributed by atoms with Crippen molar-refractivity contribution in [3.05, 3.63) is 120 Å². The first-order valence-electron chi connectivity index (χ1n) is 13.1. The molecule has 3 heterocycles. The monoisotopic (exact) mass is 689 g/mol. The second kappa shape index (κ2) is 12.5. The van der Waals surface area contributed by atoms with Gasteiger partial charge in [0.1, 0.15) is 5.58 Å². The molecule has 0 aliphatic carbocycles. The molecule has 0 fully saturated rings. The topological polar surface area (TPSA) is 38.9 Å². The van der Waals surface area contributed by atoms with Gasteiger partial charge in [0, 0.05) is 37.9 Å². The number of benzene rings is 3. The van der Waals surface area contributed by atoms with Gasteiger partial charge in [-0.05, 0) is 35.0 Å². The van der Waals surface area contributed by atoms with E-state index < -0.39 is 0 Å². The van der Waals surface area contributed by atoms with Crippen LogP contribution in [0.3, 0.4) is 0 Å². The predicted octanol–water partition coefficient (Wildman–Crippen LogP) is 9.55. The Morgan fingerprint density at radius 1 is 0.744 bits per heavy atom. The van der Waals surface area contributed by atoms with E-state index in [1.54, 1.807) is 6.20 Å². The molecule has 0 bridgehead atoms. The van der Waals surface area contributed by atoms with Crippen molar-refractivity contribution in [1.82, 2.24) is 9.97 Å². The van der Waals surface area contributed by atoms with Crippen molar-refractivity contribution in [2.24, 2.45) is 0 Å². The maximum absolute atomic E-state index is 6.24. The van der Waals surface area contributed by atoms with Crippen molar-refractivity contribution >= 4 is 21.9 Å². The molecule has 0 unspecified atom stereocenters. The molecule has 0 saturated carbocycles. The Morgan fingerprint density at radius 2 is 1.54 bits per heavy atom. The van der Waals surface area contributed by atoms with Crippen LogP contribution in [0.2, 0.25) is 0 Å². The molecule has 0 atom stereocenters. The summed E-state index contributed by atoms with van der Waals surface area (Å²) in [6.07, 6.45) is 3.75. The molecule has 39 heavy (non-hydrogen) atoms. The third-order valence-corrected chi connectivity index (χ3v) is 6.72. The first kappa shape index (κ1) is 28.4. The molecular weight excluding hydrogens is 657 g/mol. The number of fused-ring (bicyclic) bond motifs is 3. The van der Waals surface area contributed by atoms with Gasteiger partial charge in [-0.25, -0.2) is 0 Å². The summed E-state index contributed by atoms with van der Waals surface area (Å²) in [7, 11) is 0. The van der Waals surface area contributed by atoms with E-state index in [-0.39, 0.29) is 20.1 Å². The van der Waals surface area contributed by atoms with E-state index >= 15 is 0 Å². The Morgan fingerprint density at radius 3 is 2.18 bits per heavy atom. The van der Waals surface area contributed by atoms with Gasteiger partial charge in [0.25, 0.3) is 0 Å². The molecule has 6 aromatic rings. The zero-order valence-corrected chi connectivity index (χ0v) is 25.3. The minimum atomic E-state index is 0. The number of furan rings is 1. The van der Waals surface area contributed by atoms with Gasteiger partial charge in [-0.2, -0.15) is 0 Å². The minimum Gasteiger partial charge on any atom is -0.501 e. The van der Waals surface area contributed by atoms with Crippen LogP contribution in [0, 0.1) is 19.1 Å². The van der Waals surface area contributed by atoms with Crippen LogP contribution in [0.25, 0.3) is 44.5 Å². The average Bonchev–Trinajstić information content (AvgIpc) is 3.33. The van der Waals surface area contributed by atoms with Crippen LogP contribution in [-0.4, -0.2) is 9.97 Å². The molecule has 0 amide bonds. The number of aryl methyl sites for hydroxylation is 1.